The third-order valence-corrected chi connectivity index (χ3v) is 2.11. The van der Waals surface area contributed by atoms with E-state index in [9.17, 15) is 14.4 Å². The van der Waals surface area contributed by atoms with Crippen molar-refractivity contribution < 1.29 is 19.8 Å². The minimum absolute atomic E-state index is 0.519. The first kappa shape index (κ1) is 11.3. The molecule has 0 radical (unpaired) electrons. The molecule has 1 aromatic rings. The second-order valence-electron chi connectivity index (χ2n) is 2.76. The molecule has 0 atom stereocenters. The Kier molecular flexibility index (Phi) is 2.81. The third-order valence-electron chi connectivity index (χ3n) is 1.76. The van der Waals surface area contributed by atoms with Gasteiger partial charge in [0, 0.05) is 13.2 Å². The molecule has 1 heterocycles. The Morgan fingerprint density at radius 2 is 1.87 bits per heavy atom. The van der Waals surface area contributed by atoms with Gasteiger partial charge in [-0.3, -0.25) is 4.79 Å². The van der Waals surface area contributed by atoms with Crippen LogP contribution < -0.4 is 5.56 Å². The van der Waals surface area contributed by atoms with Crippen molar-refractivity contribution in [2.75, 3.05) is 0 Å². The van der Waals surface area contributed by atoms with Crippen molar-refractivity contribution in [3.63, 3.8) is 0 Å². The van der Waals surface area contributed by atoms with Crippen molar-refractivity contribution >= 4 is 23.5 Å². The van der Waals surface area contributed by atoms with Gasteiger partial charge in [-0.2, -0.15) is 0 Å². The van der Waals surface area contributed by atoms with E-state index in [1.54, 1.807) is 0 Å². The predicted octanol–water partition coefficient (Wildman–Crippen LogP) is 0.435. The Labute approximate surface area is 88.3 Å². The van der Waals surface area contributed by atoms with Gasteiger partial charge in [-0.25, -0.2) is 9.59 Å². The van der Waals surface area contributed by atoms with Gasteiger partial charge in [0.25, 0.3) is 5.56 Å². The fraction of sp³-hybridized carbons (Fsp3) is 0.125. The van der Waals surface area contributed by atoms with E-state index in [0.29, 0.717) is 0 Å². The molecule has 0 fully saturated rings. The van der Waals surface area contributed by atoms with Gasteiger partial charge < -0.3 is 14.8 Å². The molecule has 0 spiro atoms. The average molecular weight is 232 g/mol. The standard InChI is InChI=1S/C8H6ClNO5/c1-10-2-3(7(12)13)4(8(14)15)5(9)6(10)11/h2H,1H3,(H,12,13)(H,14,15). The molecule has 0 aliphatic carbocycles. The monoisotopic (exact) mass is 231 g/mol. The molecular weight excluding hydrogens is 226 g/mol. The lowest BCUT2D eigenvalue weighted by molar-refractivity contribution is 0.0650. The van der Waals surface area contributed by atoms with Gasteiger partial charge in [0.15, 0.2) is 0 Å². The average Bonchev–Trinajstić information content (AvgIpc) is 2.12. The predicted molar refractivity (Wildman–Crippen MR) is 50.6 cm³/mol. The van der Waals surface area contributed by atoms with E-state index in [1.165, 1.54) is 7.05 Å². The van der Waals surface area contributed by atoms with Crippen LogP contribution in [0.2, 0.25) is 5.02 Å². The summed E-state index contributed by atoms with van der Waals surface area (Å²) in [6.07, 6.45) is 0.917. The van der Waals surface area contributed by atoms with E-state index in [-0.39, 0.29) is 0 Å². The first-order valence-corrected chi connectivity index (χ1v) is 4.09. The fourth-order valence-electron chi connectivity index (χ4n) is 1.07. The van der Waals surface area contributed by atoms with Crippen molar-refractivity contribution in [1.29, 1.82) is 0 Å². The summed E-state index contributed by atoms with van der Waals surface area (Å²) in [5, 5.41) is 16.8. The summed E-state index contributed by atoms with van der Waals surface area (Å²) in [4.78, 5) is 32.7. The van der Waals surface area contributed by atoms with E-state index in [4.69, 9.17) is 21.8 Å². The van der Waals surface area contributed by atoms with E-state index in [0.717, 1.165) is 10.8 Å². The van der Waals surface area contributed by atoms with Crippen LogP contribution in [0.3, 0.4) is 0 Å². The first-order valence-electron chi connectivity index (χ1n) is 3.72. The highest BCUT2D eigenvalue weighted by atomic mass is 35.5. The molecule has 2 N–H and O–H groups in total. The number of carboxylic acids is 2. The lowest BCUT2D eigenvalue weighted by Gasteiger charge is -2.05. The molecule has 1 rings (SSSR count). The van der Waals surface area contributed by atoms with Gasteiger partial charge >= 0.3 is 11.9 Å². The minimum Gasteiger partial charge on any atom is -0.478 e. The van der Waals surface area contributed by atoms with Crippen molar-refractivity contribution in [3.05, 3.63) is 32.7 Å². The second-order valence-corrected chi connectivity index (χ2v) is 3.14. The Balaban J connectivity index is 3.74. The lowest BCUT2D eigenvalue weighted by Crippen LogP contribution is -2.23. The highest BCUT2D eigenvalue weighted by Gasteiger charge is 2.22. The summed E-state index contributed by atoms with van der Waals surface area (Å²) in [6.45, 7) is 0. The van der Waals surface area contributed by atoms with Crippen LogP contribution in [-0.2, 0) is 7.05 Å². The van der Waals surface area contributed by atoms with E-state index < -0.39 is 33.6 Å². The maximum Gasteiger partial charge on any atom is 0.338 e. The maximum absolute atomic E-state index is 11.2. The lowest BCUT2D eigenvalue weighted by atomic mass is 10.1. The highest BCUT2D eigenvalue weighted by Crippen LogP contribution is 2.15. The smallest absolute Gasteiger partial charge is 0.338 e. The summed E-state index contributed by atoms with van der Waals surface area (Å²) in [6, 6.07) is 0. The third kappa shape index (κ3) is 1.84. The second kappa shape index (κ2) is 3.74. The van der Waals surface area contributed by atoms with Crippen LogP contribution in [0.25, 0.3) is 0 Å². The SMILES string of the molecule is Cn1cc(C(=O)O)c(C(=O)O)c(Cl)c1=O. The fourth-order valence-corrected chi connectivity index (χ4v) is 1.38. The number of pyridine rings is 1. The highest BCUT2D eigenvalue weighted by molar-refractivity contribution is 6.34. The van der Waals surface area contributed by atoms with Gasteiger partial charge in [-0.05, 0) is 0 Å². The van der Waals surface area contributed by atoms with Gasteiger partial charge in [-0.1, -0.05) is 11.6 Å². The van der Waals surface area contributed by atoms with Crippen LogP contribution in [-0.4, -0.2) is 26.7 Å². The molecule has 1 aromatic heterocycles. The number of rotatable bonds is 2. The Hall–Kier alpha value is -1.82. The zero-order valence-corrected chi connectivity index (χ0v) is 8.28. The van der Waals surface area contributed by atoms with Gasteiger partial charge in [0.05, 0.1) is 11.1 Å². The maximum atomic E-state index is 11.2. The van der Waals surface area contributed by atoms with Crippen molar-refractivity contribution in [2.45, 2.75) is 0 Å². The number of carbonyl (C=O) groups is 2. The number of aromatic carboxylic acids is 2. The summed E-state index contributed by atoms with van der Waals surface area (Å²) < 4.78 is 0.915. The van der Waals surface area contributed by atoms with Crippen LogP contribution in [0.5, 0.6) is 0 Å². The Morgan fingerprint density at radius 1 is 1.33 bits per heavy atom. The number of hydrogen-bond acceptors (Lipinski definition) is 3. The molecule has 0 unspecified atom stereocenters. The molecule has 80 valence electrons. The zero-order valence-electron chi connectivity index (χ0n) is 7.52. The molecule has 0 aliphatic rings. The number of nitrogens with zero attached hydrogens (tertiary/aromatic N) is 1. The molecule has 15 heavy (non-hydrogen) atoms. The van der Waals surface area contributed by atoms with E-state index >= 15 is 0 Å². The molecule has 0 amide bonds. The summed E-state index contributed by atoms with van der Waals surface area (Å²) in [5.74, 6) is -3.00. The molecule has 0 saturated heterocycles. The largest absolute Gasteiger partial charge is 0.478 e. The molecule has 7 heteroatoms. The van der Waals surface area contributed by atoms with Gasteiger partial charge in [-0.15, -0.1) is 0 Å². The van der Waals surface area contributed by atoms with Crippen molar-refractivity contribution in [2.24, 2.45) is 7.05 Å². The summed E-state index contributed by atoms with van der Waals surface area (Å²) in [5.41, 5.74) is -1.96. The number of aryl methyl sites for hydroxylation is 1. The van der Waals surface area contributed by atoms with Crippen LogP contribution in [0.4, 0.5) is 0 Å². The van der Waals surface area contributed by atoms with Gasteiger partial charge in [0.1, 0.15) is 5.02 Å². The van der Waals surface area contributed by atoms with E-state index in [2.05, 4.69) is 0 Å². The number of halogens is 1. The molecule has 0 saturated carbocycles. The Morgan fingerprint density at radius 3 is 2.27 bits per heavy atom. The molecule has 0 bridgehead atoms. The number of hydrogen-bond donors (Lipinski definition) is 2. The van der Waals surface area contributed by atoms with Crippen LogP contribution in [0.15, 0.2) is 11.0 Å². The quantitative estimate of drug-likeness (QED) is 0.770. The normalized spacial score (nSPS) is 10.0. The van der Waals surface area contributed by atoms with E-state index in [1.807, 2.05) is 0 Å². The van der Waals surface area contributed by atoms with Crippen molar-refractivity contribution in [3.8, 4) is 0 Å². The molecular formula is C8H6ClNO5. The molecule has 6 nitrogen and oxygen atoms in total. The van der Waals surface area contributed by atoms with Crippen LogP contribution >= 0.6 is 11.6 Å². The molecule has 0 aliphatic heterocycles. The first-order chi connectivity index (χ1) is 6.86. The summed E-state index contributed by atoms with van der Waals surface area (Å²) >= 11 is 5.47. The molecule has 0 aromatic carbocycles. The number of aromatic nitrogens is 1. The Bertz CT molecular complexity index is 504. The summed E-state index contributed by atoms with van der Waals surface area (Å²) in [7, 11) is 1.28. The van der Waals surface area contributed by atoms with Crippen molar-refractivity contribution in [1.82, 2.24) is 4.57 Å². The topological polar surface area (TPSA) is 96.6 Å². The zero-order chi connectivity index (χ0) is 11.7. The van der Waals surface area contributed by atoms with Crippen LogP contribution in [0.1, 0.15) is 20.7 Å². The minimum atomic E-state index is -1.55. The van der Waals surface area contributed by atoms with Gasteiger partial charge in [0.2, 0.25) is 0 Å². The number of carboxylic acid groups (broad SMARTS) is 2. The van der Waals surface area contributed by atoms with Crippen LogP contribution in [0, 0.1) is 0 Å².